The summed E-state index contributed by atoms with van der Waals surface area (Å²) in [5.41, 5.74) is 21.0. The first-order chi connectivity index (χ1) is 24.1. The van der Waals surface area contributed by atoms with Crippen molar-refractivity contribution < 1.29 is 24.3 Å². The number of fused-ring (bicyclic) bond motifs is 2. The van der Waals surface area contributed by atoms with E-state index in [2.05, 4.69) is 40.9 Å². The molecular weight excluding hydrogens is 642 g/mol. The van der Waals surface area contributed by atoms with Crippen LogP contribution in [0.2, 0.25) is 0 Å². The van der Waals surface area contributed by atoms with Gasteiger partial charge in [0.2, 0.25) is 17.7 Å². The summed E-state index contributed by atoms with van der Waals surface area (Å²) in [5.74, 6) is -3.36. The molecule has 0 saturated heterocycles. The molecular formula is C34H41N11O5. The summed E-state index contributed by atoms with van der Waals surface area (Å²) < 4.78 is 0. The molecule has 3 amide bonds. The molecule has 5 rings (SSSR count). The summed E-state index contributed by atoms with van der Waals surface area (Å²) in [6.45, 7) is 0.163. The second-order valence-corrected chi connectivity index (χ2v) is 12.0. The van der Waals surface area contributed by atoms with Crippen molar-refractivity contribution in [3.63, 3.8) is 0 Å². The van der Waals surface area contributed by atoms with Crippen LogP contribution in [0.1, 0.15) is 29.7 Å². The van der Waals surface area contributed by atoms with Crippen molar-refractivity contribution in [2.24, 2.45) is 22.2 Å². The number of hydrogen-bond acceptors (Lipinski definition) is 7. The third kappa shape index (κ3) is 9.04. The van der Waals surface area contributed by atoms with E-state index in [1.54, 1.807) is 12.4 Å². The number of nitrogens with one attached hydrogen (secondary N) is 6. The molecule has 3 aromatic heterocycles. The number of amides is 3. The second-order valence-electron chi connectivity index (χ2n) is 12.0. The fourth-order valence-corrected chi connectivity index (χ4v) is 5.77. The van der Waals surface area contributed by atoms with Gasteiger partial charge in [-0.15, -0.1) is 0 Å². The van der Waals surface area contributed by atoms with E-state index in [1.165, 1.54) is 12.5 Å². The highest BCUT2D eigenvalue weighted by atomic mass is 16.4. The second kappa shape index (κ2) is 16.3. The minimum atomic E-state index is -1.30. The lowest BCUT2D eigenvalue weighted by Crippen LogP contribution is -2.58. The van der Waals surface area contributed by atoms with Crippen LogP contribution >= 0.6 is 0 Å². The van der Waals surface area contributed by atoms with Gasteiger partial charge in [0, 0.05) is 65.5 Å². The van der Waals surface area contributed by atoms with Crippen LogP contribution in [0, 0.1) is 0 Å². The van der Waals surface area contributed by atoms with Crippen LogP contribution in [0.5, 0.6) is 0 Å². The van der Waals surface area contributed by atoms with E-state index in [0.717, 1.165) is 27.4 Å². The number of benzene rings is 2. The normalized spacial score (nSPS) is 13.6. The summed E-state index contributed by atoms with van der Waals surface area (Å²) in [7, 11) is 0. The van der Waals surface area contributed by atoms with Gasteiger partial charge in [0.25, 0.3) is 0 Å². The predicted molar refractivity (Wildman–Crippen MR) is 188 cm³/mol. The average Bonchev–Trinajstić information content (AvgIpc) is 3.86. The number of nitrogens with zero attached hydrogens (tertiary/aromatic N) is 2. The predicted octanol–water partition coefficient (Wildman–Crippen LogP) is 0.320. The summed E-state index contributed by atoms with van der Waals surface area (Å²) in [6, 6.07) is 10.4. The standard InChI is InChI=1S/C34H41N11O5/c35-24(12-19-15-40-25-8-3-1-6-22(19)25)30(46)44-28(14-21-17-38-18-42-21)32(48)43-27(10-5-11-39-34(36)37)31(47)45-29(33(49)50)13-20-16-41-26-9-4-2-7-23(20)26/h1-4,6-9,15-18,24,27-29,40-41H,5,10-14,35H2,(H,38,42)(H,43,48)(H,44,46)(H,45,47)(H,49,50)(H4,36,37,39). The molecule has 0 saturated carbocycles. The molecule has 0 aliphatic rings. The number of rotatable bonds is 17. The highest BCUT2D eigenvalue weighted by molar-refractivity contribution is 5.95. The van der Waals surface area contributed by atoms with Gasteiger partial charge >= 0.3 is 5.97 Å². The van der Waals surface area contributed by atoms with Gasteiger partial charge in [0.05, 0.1) is 12.4 Å². The number of nitrogens with two attached hydrogens (primary N) is 3. The van der Waals surface area contributed by atoms with E-state index in [-0.39, 0.29) is 44.6 Å². The number of H-pyrrole nitrogens is 3. The Morgan fingerprint density at radius 3 is 1.94 bits per heavy atom. The van der Waals surface area contributed by atoms with Gasteiger partial charge in [0.15, 0.2) is 5.96 Å². The lowest BCUT2D eigenvalue weighted by Gasteiger charge is -2.25. The maximum Gasteiger partial charge on any atom is 0.326 e. The molecule has 13 N–H and O–H groups in total. The van der Waals surface area contributed by atoms with Crippen LogP contribution in [0.25, 0.3) is 21.8 Å². The van der Waals surface area contributed by atoms with Gasteiger partial charge in [-0.05, 0) is 42.5 Å². The molecule has 2 aromatic carbocycles. The number of carboxylic acid groups (broad SMARTS) is 1. The maximum absolute atomic E-state index is 13.8. The van der Waals surface area contributed by atoms with E-state index < -0.39 is 47.9 Å². The molecule has 0 bridgehead atoms. The molecule has 16 heteroatoms. The van der Waals surface area contributed by atoms with Gasteiger partial charge in [-0.2, -0.15) is 0 Å². The number of carbonyl (C=O) groups excluding carboxylic acids is 3. The number of aliphatic carboxylic acids is 1. The number of guanidine groups is 1. The molecule has 16 nitrogen and oxygen atoms in total. The third-order valence-corrected chi connectivity index (χ3v) is 8.36. The zero-order chi connectivity index (χ0) is 35.6. The van der Waals surface area contributed by atoms with Crippen LogP contribution in [-0.2, 0) is 38.4 Å². The Morgan fingerprint density at radius 1 is 0.760 bits per heavy atom. The zero-order valence-corrected chi connectivity index (χ0v) is 27.2. The van der Waals surface area contributed by atoms with Crippen molar-refractivity contribution in [2.45, 2.75) is 56.3 Å². The van der Waals surface area contributed by atoms with Gasteiger partial charge in [-0.1, -0.05) is 36.4 Å². The van der Waals surface area contributed by atoms with Crippen molar-refractivity contribution >= 4 is 51.5 Å². The molecule has 4 unspecified atom stereocenters. The van der Waals surface area contributed by atoms with Crippen LogP contribution in [0.4, 0.5) is 0 Å². The molecule has 0 radical (unpaired) electrons. The van der Waals surface area contributed by atoms with E-state index in [1.807, 2.05) is 48.5 Å². The first-order valence-electron chi connectivity index (χ1n) is 16.1. The lowest BCUT2D eigenvalue weighted by atomic mass is 10.0. The highest BCUT2D eigenvalue weighted by Crippen LogP contribution is 2.20. The Labute approximate surface area is 286 Å². The number of aliphatic imine (C=N–C) groups is 1. The fraction of sp³-hybridized carbons (Fsp3) is 0.294. The number of aromatic amines is 3. The van der Waals surface area contributed by atoms with Gasteiger partial charge < -0.3 is 53.2 Å². The van der Waals surface area contributed by atoms with E-state index in [4.69, 9.17) is 17.2 Å². The minimum absolute atomic E-state index is 0.00736. The first-order valence-corrected chi connectivity index (χ1v) is 16.1. The van der Waals surface area contributed by atoms with E-state index >= 15 is 0 Å². The molecule has 5 aromatic rings. The number of carboxylic acids is 1. The molecule has 0 aliphatic carbocycles. The molecule has 4 atom stereocenters. The molecule has 0 aliphatic heterocycles. The Balaban J connectivity index is 1.31. The van der Waals surface area contributed by atoms with E-state index in [9.17, 15) is 24.3 Å². The number of imidazole rings is 1. The Hall–Kier alpha value is -6.16. The van der Waals surface area contributed by atoms with Gasteiger partial charge in [-0.3, -0.25) is 19.4 Å². The summed E-state index contributed by atoms with van der Waals surface area (Å²) >= 11 is 0. The van der Waals surface area contributed by atoms with Crippen molar-refractivity contribution in [1.82, 2.24) is 35.9 Å². The van der Waals surface area contributed by atoms with Gasteiger partial charge in [-0.25, -0.2) is 9.78 Å². The SMILES string of the molecule is NC(N)=NCCCC(NC(=O)C(Cc1cnc[nH]1)NC(=O)C(N)Cc1c[nH]c2ccccc12)C(=O)NC(Cc1c[nH]c2ccccc12)C(=O)O. The van der Waals surface area contributed by atoms with Crippen molar-refractivity contribution in [3.05, 3.63) is 90.3 Å². The Bertz CT molecular complexity index is 1960. The lowest BCUT2D eigenvalue weighted by molar-refractivity contribution is -0.142. The third-order valence-electron chi connectivity index (χ3n) is 8.36. The Morgan fingerprint density at radius 2 is 1.34 bits per heavy atom. The highest BCUT2D eigenvalue weighted by Gasteiger charge is 2.31. The quantitative estimate of drug-likeness (QED) is 0.0367. The topological polar surface area (TPSA) is 275 Å². The summed E-state index contributed by atoms with van der Waals surface area (Å²) in [5, 5.41) is 19.8. The van der Waals surface area contributed by atoms with Crippen molar-refractivity contribution in [1.29, 1.82) is 0 Å². The zero-order valence-electron chi connectivity index (χ0n) is 27.2. The average molecular weight is 684 g/mol. The Kier molecular flexibility index (Phi) is 11.5. The van der Waals surface area contributed by atoms with Crippen LogP contribution < -0.4 is 33.2 Å². The monoisotopic (exact) mass is 683 g/mol. The van der Waals surface area contributed by atoms with Crippen LogP contribution in [0.15, 0.2) is 78.4 Å². The largest absolute Gasteiger partial charge is 0.480 e. The first kappa shape index (κ1) is 35.2. The van der Waals surface area contributed by atoms with E-state index in [0.29, 0.717) is 11.3 Å². The van der Waals surface area contributed by atoms with Crippen LogP contribution in [-0.4, -0.2) is 85.4 Å². The maximum atomic E-state index is 13.8. The van der Waals surface area contributed by atoms with Crippen molar-refractivity contribution in [2.75, 3.05) is 6.54 Å². The van der Waals surface area contributed by atoms with Crippen LogP contribution in [0.3, 0.4) is 0 Å². The molecule has 0 spiro atoms. The number of hydrogen-bond donors (Lipinski definition) is 10. The van der Waals surface area contributed by atoms with Gasteiger partial charge in [0.1, 0.15) is 18.1 Å². The summed E-state index contributed by atoms with van der Waals surface area (Å²) in [6.07, 6.45) is 7.01. The summed E-state index contributed by atoms with van der Waals surface area (Å²) in [4.78, 5) is 70.3. The molecule has 50 heavy (non-hydrogen) atoms. The minimum Gasteiger partial charge on any atom is -0.480 e. The fourth-order valence-electron chi connectivity index (χ4n) is 5.77. The molecule has 262 valence electrons. The molecule has 3 heterocycles. The number of aromatic nitrogens is 4. The number of carbonyl (C=O) groups is 4. The molecule has 0 fully saturated rings. The smallest absolute Gasteiger partial charge is 0.326 e. The van der Waals surface area contributed by atoms with Crippen molar-refractivity contribution in [3.8, 4) is 0 Å². The number of para-hydroxylation sites is 2.